The fourth-order valence-corrected chi connectivity index (χ4v) is 3.31. The number of carbonyl (C=O) groups is 2. The van der Waals surface area contributed by atoms with Gasteiger partial charge in [0.1, 0.15) is 5.69 Å². The molecule has 2 amide bonds. The topological polar surface area (TPSA) is 95.2 Å². The van der Waals surface area contributed by atoms with E-state index >= 15 is 0 Å². The maximum Gasteiger partial charge on any atom is 0.271 e. The summed E-state index contributed by atoms with van der Waals surface area (Å²) >= 11 is 0. The standard InChI is InChI=1S/C15H20N4O3/c20-13-8-16-12(7-17-13)15(22)18-6-10-5-14(21)19(9-10)11-3-1-2-4-11/h7-8,10-11H,1-6,9H2,(H,17,20)(H,18,22)/t10-/m1/s1. The molecule has 0 aromatic carbocycles. The first kappa shape index (κ1) is 14.7. The molecular weight excluding hydrogens is 284 g/mol. The number of likely N-dealkylation sites (tertiary alicyclic amines) is 1. The lowest BCUT2D eigenvalue weighted by Gasteiger charge is -2.24. The molecule has 1 atom stereocenters. The summed E-state index contributed by atoms with van der Waals surface area (Å²) < 4.78 is 0. The molecule has 2 aliphatic rings. The summed E-state index contributed by atoms with van der Waals surface area (Å²) in [6.07, 6.45) is 7.48. The number of nitrogens with zero attached hydrogens (tertiary/aromatic N) is 2. The van der Waals surface area contributed by atoms with Crippen molar-refractivity contribution in [1.29, 1.82) is 0 Å². The second-order valence-corrected chi connectivity index (χ2v) is 6.06. The summed E-state index contributed by atoms with van der Waals surface area (Å²) in [4.78, 5) is 43.1. The van der Waals surface area contributed by atoms with Crippen molar-refractivity contribution in [1.82, 2.24) is 20.2 Å². The van der Waals surface area contributed by atoms with Crippen LogP contribution >= 0.6 is 0 Å². The van der Waals surface area contributed by atoms with Crippen molar-refractivity contribution in [2.75, 3.05) is 13.1 Å². The van der Waals surface area contributed by atoms with Crippen LogP contribution in [0.1, 0.15) is 42.6 Å². The minimum atomic E-state index is -0.342. The molecule has 0 bridgehead atoms. The molecule has 7 heteroatoms. The highest BCUT2D eigenvalue weighted by Gasteiger charge is 2.35. The summed E-state index contributed by atoms with van der Waals surface area (Å²) in [5, 5.41) is 2.79. The van der Waals surface area contributed by atoms with Gasteiger partial charge < -0.3 is 15.2 Å². The Hall–Kier alpha value is -2.18. The molecule has 1 aromatic heterocycles. The largest absolute Gasteiger partial charge is 0.350 e. The maximum absolute atomic E-state index is 12.1. The van der Waals surface area contributed by atoms with Crippen molar-refractivity contribution >= 4 is 11.8 Å². The quantitative estimate of drug-likeness (QED) is 0.836. The van der Waals surface area contributed by atoms with E-state index in [0.717, 1.165) is 25.6 Å². The first-order valence-corrected chi connectivity index (χ1v) is 7.76. The molecule has 22 heavy (non-hydrogen) atoms. The van der Waals surface area contributed by atoms with Gasteiger partial charge >= 0.3 is 0 Å². The van der Waals surface area contributed by atoms with Gasteiger partial charge in [-0.25, -0.2) is 4.98 Å². The zero-order chi connectivity index (χ0) is 15.5. The van der Waals surface area contributed by atoms with Crippen LogP contribution in [0.5, 0.6) is 0 Å². The van der Waals surface area contributed by atoms with Crippen LogP contribution in [0.25, 0.3) is 0 Å². The molecule has 0 radical (unpaired) electrons. The highest BCUT2D eigenvalue weighted by atomic mass is 16.2. The Bertz CT molecular complexity index is 601. The van der Waals surface area contributed by atoms with Crippen molar-refractivity contribution in [3.05, 3.63) is 28.4 Å². The Morgan fingerprint density at radius 1 is 1.36 bits per heavy atom. The van der Waals surface area contributed by atoms with Crippen LogP contribution in [0.2, 0.25) is 0 Å². The summed E-state index contributed by atoms with van der Waals surface area (Å²) in [6.45, 7) is 1.18. The fraction of sp³-hybridized carbons (Fsp3) is 0.600. The predicted molar refractivity (Wildman–Crippen MR) is 79.3 cm³/mol. The predicted octanol–water partition coefficient (Wildman–Crippen LogP) is 0.291. The lowest BCUT2D eigenvalue weighted by molar-refractivity contribution is -0.129. The van der Waals surface area contributed by atoms with Crippen LogP contribution in [0.15, 0.2) is 17.2 Å². The zero-order valence-electron chi connectivity index (χ0n) is 12.4. The third-order valence-corrected chi connectivity index (χ3v) is 4.46. The lowest BCUT2D eigenvalue weighted by Crippen LogP contribution is -2.36. The molecule has 3 rings (SSSR count). The number of aromatic nitrogens is 2. The number of nitrogens with one attached hydrogen (secondary N) is 2. The van der Waals surface area contributed by atoms with Gasteiger partial charge in [0.15, 0.2) is 0 Å². The molecule has 1 aromatic rings. The van der Waals surface area contributed by atoms with E-state index in [2.05, 4.69) is 15.3 Å². The Morgan fingerprint density at radius 2 is 2.14 bits per heavy atom. The SMILES string of the molecule is O=C(NC[C@H]1CC(=O)N(C2CCCC2)C1)c1c[nH]c(=O)cn1. The molecule has 0 spiro atoms. The van der Waals surface area contributed by atoms with E-state index in [-0.39, 0.29) is 29.0 Å². The minimum Gasteiger partial charge on any atom is -0.350 e. The molecule has 1 aliphatic heterocycles. The van der Waals surface area contributed by atoms with E-state index in [1.165, 1.54) is 19.0 Å². The average Bonchev–Trinajstić information content (AvgIpc) is 3.14. The monoisotopic (exact) mass is 304 g/mol. The fourth-order valence-electron chi connectivity index (χ4n) is 3.31. The Labute approximate surface area is 128 Å². The molecule has 118 valence electrons. The van der Waals surface area contributed by atoms with Gasteiger partial charge in [0, 0.05) is 37.7 Å². The van der Waals surface area contributed by atoms with Crippen LogP contribution in [-0.2, 0) is 4.79 Å². The molecular formula is C15H20N4O3. The smallest absolute Gasteiger partial charge is 0.271 e. The molecule has 0 unspecified atom stereocenters. The van der Waals surface area contributed by atoms with Gasteiger partial charge in [0.25, 0.3) is 11.5 Å². The first-order chi connectivity index (χ1) is 10.6. The number of H-pyrrole nitrogens is 1. The van der Waals surface area contributed by atoms with Crippen LogP contribution < -0.4 is 10.9 Å². The van der Waals surface area contributed by atoms with Crippen molar-refractivity contribution in [3.63, 3.8) is 0 Å². The van der Waals surface area contributed by atoms with Crippen LogP contribution in [0.4, 0.5) is 0 Å². The van der Waals surface area contributed by atoms with Crippen molar-refractivity contribution in [2.24, 2.45) is 5.92 Å². The van der Waals surface area contributed by atoms with Crippen molar-refractivity contribution < 1.29 is 9.59 Å². The van der Waals surface area contributed by atoms with Gasteiger partial charge in [-0.3, -0.25) is 14.4 Å². The minimum absolute atomic E-state index is 0.153. The van der Waals surface area contributed by atoms with Gasteiger partial charge in [-0.05, 0) is 12.8 Å². The average molecular weight is 304 g/mol. The van der Waals surface area contributed by atoms with E-state index in [1.807, 2.05) is 4.90 Å². The highest BCUT2D eigenvalue weighted by molar-refractivity contribution is 5.91. The van der Waals surface area contributed by atoms with Gasteiger partial charge in [0.05, 0.1) is 6.20 Å². The number of carbonyl (C=O) groups excluding carboxylic acids is 2. The number of hydrogen-bond donors (Lipinski definition) is 2. The Kier molecular flexibility index (Phi) is 4.22. The molecule has 1 saturated heterocycles. The summed E-state index contributed by atoms with van der Waals surface area (Å²) in [5.41, 5.74) is -0.165. The van der Waals surface area contributed by atoms with Crippen LogP contribution in [0.3, 0.4) is 0 Å². The van der Waals surface area contributed by atoms with E-state index in [9.17, 15) is 14.4 Å². The Balaban J connectivity index is 1.51. The van der Waals surface area contributed by atoms with Gasteiger partial charge in [-0.15, -0.1) is 0 Å². The molecule has 2 heterocycles. The number of rotatable bonds is 4. The molecule has 7 nitrogen and oxygen atoms in total. The number of aromatic amines is 1. The summed E-state index contributed by atoms with van der Waals surface area (Å²) in [5.74, 6) is 0.0242. The lowest BCUT2D eigenvalue weighted by atomic mass is 10.1. The van der Waals surface area contributed by atoms with Crippen molar-refractivity contribution in [3.8, 4) is 0 Å². The summed E-state index contributed by atoms with van der Waals surface area (Å²) in [6, 6.07) is 0.397. The summed E-state index contributed by atoms with van der Waals surface area (Å²) in [7, 11) is 0. The zero-order valence-corrected chi connectivity index (χ0v) is 12.4. The second kappa shape index (κ2) is 6.29. The second-order valence-electron chi connectivity index (χ2n) is 6.06. The number of hydrogen-bond acceptors (Lipinski definition) is 4. The third-order valence-electron chi connectivity index (χ3n) is 4.46. The van der Waals surface area contributed by atoms with Gasteiger partial charge in [0.2, 0.25) is 5.91 Å². The highest BCUT2D eigenvalue weighted by Crippen LogP contribution is 2.29. The van der Waals surface area contributed by atoms with Crippen LogP contribution in [-0.4, -0.2) is 45.8 Å². The van der Waals surface area contributed by atoms with E-state index < -0.39 is 0 Å². The first-order valence-electron chi connectivity index (χ1n) is 7.76. The van der Waals surface area contributed by atoms with E-state index in [4.69, 9.17) is 0 Å². The van der Waals surface area contributed by atoms with E-state index in [1.54, 1.807) is 0 Å². The van der Waals surface area contributed by atoms with Crippen molar-refractivity contribution in [2.45, 2.75) is 38.1 Å². The third kappa shape index (κ3) is 3.18. The van der Waals surface area contributed by atoms with Gasteiger partial charge in [-0.1, -0.05) is 12.8 Å². The van der Waals surface area contributed by atoms with E-state index in [0.29, 0.717) is 19.0 Å². The van der Waals surface area contributed by atoms with Gasteiger partial charge in [-0.2, -0.15) is 0 Å². The maximum atomic E-state index is 12.1. The molecule has 2 fully saturated rings. The molecule has 1 saturated carbocycles. The number of amides is 2. The molecule has 2 N–H and O–H groups in total. The normalized spacial score (nSPS) is 22.3. The molecule has 1 aliphatic carbocycles. The van der Waals surface area contributed by atoms with Crippen LogP contribution in [0, 0.1) is 5.92 Å². The Morgan fingerprint density at radius 3 is 2.82 bits per heavy atom.